The van der Waals surface area contributed by atoms with Crippen LogP contribution in [0.25, 0.3) is 0 Å². The first kappa shape index (κ1) is 17.8. The van der Waals surface area contributed by atoms with Crippen molar-refractivity contribution in [1.29, 1.82) is 0 Å². The molecule has 0 bridgehead atoms. The van der Waals surface area contributed by atoms with Crippen molar-refractivity contribution < 1.29 is 14.6 Å². The minimum Gasteiger partial charge on any atom is -0.465 e. The minimum atomic E-state index is -0.861. The van der Waals surface area contributed by atoms with Crippen LogP contribution >= 0.6 is 0 Å². The number of benzene rings is 1. The molecule has 128 valence electrons. The fraction of sp³-hybridized carbons (Fsp3) is 0.611. The van der Waals surface area contributed by atoms with E-state index in [1.54, 1.807) is 7.11 Å². The van der Waals surface area contributed by atoms with Gasteiger partial charge in [0.05, 0.1) is 6.10 Å². The lowest BCUT2D eigenvalue weighted by Gasteiger charge is -2.38. The Labute approximate surface area is 138 Å². The minimum absolute atomic E-state index is 0.374. The zero-order valence-electron chi connectivity index (χ0n) is 14.6. The van der Waals surface area contributed by atoms with Crippen molar-refractivity contribution in [1.82, 2.24) is 9.80 Å². The number of ether oxygens (including phenoxy) is 1. The Morgan fingerprint density at radius 2 is 1.83 bits per heavy atom. The molecule has 1 N–H and O–H groups in total. The summed E-state index contributed by atoms with van der Waals surface area (Å²) < 4.78 is 5.28. The smallest absolute Gasteiger partial charge is 0.407 e. The second kappa shape index (κ2) is 7.32. The highest BCUT2D eigenvalue weighted by atomic mass is 16.5. The molecule has 1 fully saturated rings. The Bertz CT molecular complexity index is 516. The third-order valence-electron chi connectivity index (χ3n) is 4.35. The summed E-state index contributed by atoms with van der Waals surface area (Å²) in [6.07, 6.45) is 0.257. The van der Waals surface area contributed by atoms with Gasteiger partial charge >= 0.3 is 6.09 Å². The first-order valence-electron chi connectivity index (χ1n) is 8.13. The molecule has 1 saturated heterocycles. The summed E-state index contributed by atoms with van der Waals surface area (Å²) in [7, 11) is 1.76. The van der Waals surface area contributed by atoms with Gasteiger partial charge in [0.15, 0.2) is 0 Å². The van der Waals surface area contributed by atoms with Gasteiger partial charge in [-0.2, -0.15) is 0 Å². The zero-order valence-corrected chi connectivity index (χ0v) is 14.6. The Morgan fingerprint density at radius 3 is 2.30 bits per heavy atom. The van der Waals surface area contributed by atoms with Crippen LogP contribution < -0.4 is 0 Å². The standard InChI is InChI=1S/C18H28N2O3/c1-18(2,3)20(17(21)22)10-9-14-5-7-15(8-6-14)11-19-12-16(13-19)23-4/h5-8,16H,9-13H2,1-4H3,(H,21,22). The number of likely N-dealkylation sites (tertiary alicyclic amines) is 1. The van der Waals surface area contributed by atoms with E-state index in [4.69, 9.17) is 4.74 Å². The second-order valence-electron chi connectivity index (χ2n) is 7.22. The maximum atomic E-state index is 11.3. The topological polar surface area (TPSA) is 53.0 Å². The van der Waals surface area contributed by atoms with Crippen molar-refractivity contribution in [3.8, 4) is 0 Å². The molecule has 0 radical (unpaired) electrons. The monoisotopic (exact) mass is 320 g/mol. The number of rotatable bonds is 6. The van der Waals surface area contributed by atoms with Gasteiger partial charge in [-0.3, -0.25) is 4.90 Å². The van der Waals surface area contributed by atoms with E-state index in [0.717, 1.165) is 26.1 Å². The molecule has 0 spiro atoms. The summed E-state index contributed by atoms with van der Waals surface area (Å²) in [6.45, 7) is 9.22. The highest BCUT2D eigenvalue weighted by Crippen LogP contribution is 2.17. The van der Waals surface area contributed by atoms with Crippen LogP contribution in [0.5, 0.6) is 0 Å². The van der Waals surface area contributed by atoms with Gasteiger partial charge in [0.2, 0.25) is 0 Å². The molecule has 2 rings (SSSR count). The average molecular weight is 320 g/mol. The second-order valence-corrected chi connectivity index (χ2v) is 7.22. The molecule has 5 heteroatoms. The fourth-order valence-corrected chi connectivity index (χ4v) is 2.83. The number of hydrogen-bond acceptors (Lipinski definition) is 3. The number of amides is 1. The van der Waals surface area contributed by atoms with E-state index in [0.29, 0.717) is 12.6 Å². The van der Waals surface area contributed by atoms with Crippen LogP contribution in [-0.2, 0) is 17.7 Å². The molecular formula is C18H28N2O3. The predicted octanol–water partition coefficient (Wildman–Crippen LogP) is 2.84. The lowest BCUT2D eigenvalue weighted by Crippen LogP contribution is -2.50. The molecule has 1 amide bonds. The summed E-state index contributed by atoms with van der Waals surface area (Å²) in [4.78, 5) is 15.2. The summed E-state index contributed by atoms with van der Waals surface area (Å²) in [5.74, 6) is 0. The molecule has 0 unspecified atom stereocenters. The summed E-state index contributed by atoms with van der Waals surface area (Å²) in [5, 5.41) is 9.32. The molecule has 0 saturated carbocycles. The van der Waals surface area contributed by atoms with Crippen LogP contribution in [0.2, 0.25) is 0 Å². The zero-order chi connectivity index (χ0) is 17.0. The van der Waals surface area contributed by atoms with Crippen LogP contribution in [0, 0.1) is 0 Å². The Hall–Kier alpha value is -1.59. The Kier molecular flexibility index (Phi) is 5.65. The Balaban J connectivity index is 1.84. The first-order chi connectivity index (χ1) is 10.8. The molecule has 1 aliphatic rings. The van der Waals surface area contributed by atoms with Gasteiger partial charge in [-0.25, -0.2) is 4.79 Å². The van der Waals surface area contributed by atoms with Crippen molar-refractivity contribution in [2.24, 2.45) is 0 Å². The number of hydrogen-bond donors (Lipinski definition) is 1. The van der Waals surface area contributed by atoms with E-state index in [1.165, 1.54) is 16.0 Å². The summed E-state index contributed by atoms with van der Waals surface area (Å²) in [6, 6.07) is 8.48. The van der Waals surface area contributed by atoms with Gasteiger partial charge in [0.25, 0.3) is 0 Å². The number of nitrogens with zero attached hydrogens (tertiary/aromatic N) is 2. The van der Waals surface area contributed by atoms with E-state index >= 15 is 0 Å². The molecule has 23 heavy (non-hydrogen) atoms. The third-order valence-corrected chi connectivity index (χ3v) is 4.35. The summed E-state index contributed by atoms with van der Waals surface area (Å²) >= 11 is 0. The third kappa shape index (κ3) is 4.94. The predicted molar refractivity (Wildman–Crippen MR) is 90.7 cm³/mol. The van der Waals surface area contributed by atoms with Gasteiger partial charge in [-0.15, -0.1) is 0 Å². The largest absolute Gasteiger partial charge is 0.465 e. The quantitative estimate of drug-likeness (QED) is 0.876. The molecule has 0 aromatic heterocycles. The van der Waals surface area contributed by atoms with Crippen LogP contribution in [0.15, 0.2) is 24.3 Å². The van der Waals surface area contributed by atoms with Crippen molar-refractivity contribution in [3.05, 3.63) is 35.4 Å². The number of carboxylic acid groups (broad SMARTS) is 1. The molecule has 0 aliphatic carbocycles. The fourth-order valence-electron chi connectivity index (χ4n) is 2.83. The number of carbonyl (C=O) groups is 1. The van der Waals surface area contributed by atoms with E-state index in [1.807, 2.05) is 20.8 Å². The average Bonchev–Trinajstić information content (AvgIpc) is 2.42. The van der Waals surface area contributed by atoms with E-state index in [2.05, 4.69) is 29.2 Å². The van der Waals surface area contributed by atoms with Crippen molar-refractivity contribution >= 4 is 6.09 Å². The van der Waals surface area contributed by atoms with Gasteiger partial charge in [0, 0.05) is 38.8 Å². The van der Waals surface area contributed by atoms with Crippen LogP contribution in [0.1, 0.15) is 31.9 Å². The maximum absolute atomic E-state index is 11.3. The van der Waals surface area contributed by atoms with Crippen LogP contribution in [0.4, 0.5) is 4.79 Å². The molecule has 0 atom stereocenters. The Morgan fingerprint density at radius 1 is 1.26 bits per heavy atom. The van der Waals surface area contributed by atoms with E-state index < -0.39 is 6.09 Å². The molecule has 1 heterocycles. The van der Waals surface area contributed by atoms with Gasteiger partial charge in [-0.05, 0) is 38.3 Å². The summed E-state index contributed by atoms with van der Waals surface area (Å²) in [5.41, 5.74) is 2.08. The van der Waals surface area contributed by atoms with Crippen LogP contribution in [-0.4, -0.2) is 59.4 Å². The van der Waals surface area contributed by atoms with Gasteiger partial charge in [0.1, 0.15) is 0 Å². The van der Waals surface area contributed by atoms with E-state index in [9.17, 15) is 9.90 Å². The van der Waals surface area contributed by atoms with Crippen LogP contribution in [0.3, 0.4) is 0 Å². The lowest BCUT2D eigenvalue weighted by atomic mass is 10.0. The number of methoxy groups -OCH3 is 1. The lowest BCUT2D eigenvalue weighted by molar-refractivity contribution is -0.0334. The molecule has 1 aromatic rings. The molecule has 1 aromatic carbocycles. The molecule has 5 nitrogen and oxygen atoms in total. The molecule has 1 aliphatic heterocycles. The first-order valence-corrected chi connectivity index (χ1v) is 8.13. The van der Waals surface area contributed by atoms with E-state index in [-0.39, 0.29) is 5.54 Å². The van der Waals surface area contributed by atoms with Gasteiger partial charge < -0.3 is 14.7 Å². The van der Waals surface area contributed by atoms with Gasteiger partial charge in [-0.1, -0.05) is 24.3 Å². The molecular weight excluding hydrogens is 292 g/mol. The van der Waals surface area contributed by atoms with Crippen molar-refractivity contribution in [3.63, 3.8) is 0 Å². The maximum Gasteiger partial charge on any atom is 0.407 e. The van der Waals surface area contributed by atoms with Crippen molar-refractivity contribution in [2.45, 2.75) is 45.4 Å². The highest BCUT2D eigenvalue weighted by molar-refractivity contribution is 5.66. The van der Waals surface area contributed by atoms with Crippen molar-refractivity contribution in [2.75, 3.05) is 26.7 Å². The SMILES string of the molecule is COC1CN(Cc2ccc(CCN(C(=O)O)C(C)(C)C)cc2)C1. The normalized spacial score (nSPS) is 16.2. The highest BCUT2D eigenvalue weighted by Gasteiger charge is 2.26.